The van der Waals surface area contributed by atoms with Crippen LogP contribution in [0.3, 0.4) is 0 Å². The monoisotopic (exact) mass is 209 g/mol. The smallest absolute Gasteiger partial charge is 0.224 e. The van der Waals surface area contributed by atoms with E-state index < -0.39 is 0 Å². The largest absolute Gasteiger partial charge is 0.356 e. The van der Waals surface area contributed by atoms with E-state index in [1.807, 2.05) is 0 Å². The highest BCUT2D eigenvalue weighted by Crippen LogP contribution is 2.03. The van der Waals surface area contributed by atoms with Crippen LogP contribution in [0.2, 0.25) is 0 Å². The van der Waals surface area contributed by atoms with Gasteiger partial charge in [-0.1, -0.05) is 25.5 Å². The lowest BCUT2D eigenvalue weighted by Crippen LogP contribution is -2.25. The van der Waals surface area contributed by atoms with Gasteiger partial charge in [0.25, 0.3) is 0 Å². The molecule has 1 rings (SSSR count). The molecule has 0 spiro atoms. The molecule has 1 amide bonds. The van der Waals surface area contributed by atoms with Crippen LogP contribution in [0.1, 0.15) is 25.3 Å². The zero-order valence-electron chi connectivity index (χ0n) is 8.92. The van der Waals surface area contributed by atoms with E-state index in [9.17, 15) is 9.18 Å². The van der Waals surface area contributed by atoms with Crippen LogP contribution in [-0.4, -0.2) is 12.5 Å². The molecule has 3 heteroatoms. The summed E-state index contributed by atoms with van der Waals surface area (Å²) in [6.07, 6.45) is 2.29. The van der Waals surface area contributed by atoms with Crippen LogP contribution in [0.5, 0.6) is 0 Å². The highest BCUT2D eigenvalue weighted by Gasteiger charge is 2.02. The Kier molecular flexibility index (Phi) is 4.81. The molecule has 0 aliphatic heterocycles. The fourth-order valence-corrected chi connectivity index (χ4v) is 1.30. The predicted molar refractivity (Wildman–Crippen MR) is 58.0 cm³/mol. The van der Waals surface area contributed by atoms with E-state index in [1.165, 1.54) is 12.1 Å². The third kappa shape index (κ3) is 4.58. The van der Waals surface area contributed by atoms with Crippen molar-refractivity contribution in [3.8, 4) is 0 Å². The molecule has 0 aromatic heterocycles. The molecule has 0 saturated heterocycles. The van der Waals surface area contributed by atoms with Gasteiger partial charge in [0, 0.05) is 6.54 Å². The van der Waals surface area contributed by atoms with Gasteiger partial charge in [0.05, 0.1) is 6.42 Å². The molecule has 1 aromatic carbocycles. The van der Waals surface area contributed by atoms with Crippen molar-refractivity contribution in [2.24, 2.45) is 0 Å². The second kappa shape index (κ2) is 6.17. The number of amides is 1. The summed E-state index contributed by atoms with van der Waals surface area (Å²) in [7, 11) is 0. The lowest BCUT2D eigenvalue weighted by atomic mass is 10.1. The van der Waals surface area contributed by atoms with Crippen LogP contribution in [0, 0.1) is 5.82 Å². The molecule has 0 bridgehead atoms. The SMILES string of the molecule is CCCCNC(=O)Cc1cccc(F)c1. The molecule has 0 radical (unpaired) electrons. The first kappa shape index (κ1) is 11.7. The molecule has 0 unspecified atom stereocenters. The first-order valence-corrected chi connectivity index (χ1v) is 5.23. The van der Waals surface area contributed by atoms with Gasteiger partial charge in [-0.05, 0) is 24.1 Å². The number of benzene rings is 1. The Morgan fingerprint density at radius 1 is 1.47 bits per heavy atom. The minimum atomic E-state index is -0.297. The maximum atomic E-state index is 12.8. The molecule has 1 N–H and O–H groups in total. The number of hydrogen-bond acceptors (Lipinski definition) is 1. The van der Waals surface area contributed by atoms with Crippen LogP contribution in [0.4, 0.5) is 4.39 Å². The Balaban J connectivity index is 2.37. The van der Waals surface area contributed by atoms with Crippen molar-refractivity contribution in [1.29, 1.82) is 0 Å². The van der Waals surface area contributed by atoms with Crippen molar-refractivity contribution < 1.29 is 9.18 Å². The molecule has 0 atom stereocenters. The van der Waals surface area contributed by atoms with Crippen molar-refractivity contribution in [1.82, 2.24) is 5.32 Å². The molecular formula is C12H16FNO. The van der Waals surface area contributed by atoms with Crippen LogP contribution in [0.25, 0.3) is 0 Å². The minimum Gasteiger partial charge on any atom is -0.356 e. The molecule has 0 saturated carbocycles. The quantitative estimate of drug-likeness (QED) is 0.741. The first-order chi connectivity index (χ1) is 7.22. The lowest BCUT2D eigenvalue weighted by molar-refractivity contribution is -0.120. The van der Waals surface area contributed by atoms with Gasteiger partial charge < -0.3 is 5.32 Å². The Morgan fingerprint density at radius 2 is 2.27 bits per heavy atom. The lowest BCUT2D eigenvalue weighted by Gasteiger charge is -2.04. The summed E-state index contributed by atoms with van der Waals surface area (Å²) in [6.45, 7) is 2.77. The predicted octanol–water partition coefficient (Wildman–Crippen LogP) is 2.28. The second-order valence-electron chi connectivity index (χ2n) is 3.51. The highest BCUT2D eigenvalue weighted by molar-refractivity contribution is 5.78. The number of rotatable bonds is 5. The summed E-state index contributed by atoms with van der Waals surface area (Å²) >= 11 is 0. The summed E-state index contributed by atoms with van der Waals surface area (Å²) in [5.41, 5.74) is 0.712. The van der Waals surface area contributed by atoms with Crippen molar-refractivity contribution in [2.45, 2.75) is 26.2 Å². The number of unbranched alkanes of at least 4 members (excludes halogenated alkanes) is 1. The molecule has 0 aliphatic rings. The number of carbonyl (C=O) groups is 1. The third-order valence-electron chi connectivity index (χ3n) is 2.11. The number of halogens is 1. The average Bonchev–Trinajstić information content (AvgIpc) is 2.18. The Hall–Kier alpha value is -1.38. The Bertz CT molecular complexity index is 325. The summed E-state index contributed by atoms with van der Waals surface area (Å²) in [5, 5.41) is 2.79. The highest BCUT2D eigenvalue weighted by atomic mass is 19.1. The normalized spacial score (nSPS) is 10.0. The van der Waals surface area contributed by atoms with E-state index in [1.54, 1.807) is 12.1 Å². The molecule has 2 nitrogen and oxygen atoms in total. The maximum Gasteiger partial charge on any atom is 0.224 e. The van der Waals surface area contributed by atoms with E-state index in [-0.39, 0.29) is 18.1 Å². The molecule has 0 fully saturated rings. The van der Waals surface area contributed by atoms with E-state index in [0.717, 1.165) is 12.8 Å². The zero-order chi connectivity index (χ0) is 11.1. The van der Waals surface area contributed by atoms with Crippen LogP contribution in [0.15, 0.2) is 24.3 Å². The van der Waals surface area contributed by atoms with E-state index in [2.05, 4.69) is 12.2 Å². The van der Waals surface area contributed by atoms with Crippen molar-refractivity contribution in [2.75, 3.05) is 6.54 Å². The van der Waals surface area contributed by atoms with Crippen LogP contribution < -0.4 is 5.32 Å². The molecule has 82 valence electrons. The van der Waals surface area contributed by atoms with Crippen molar-refractivity contribution in [3.05, 3.63) is 35.6 Å². The number of nitrogens with one attached hydrogen (secondary N) is 1. The summed E-state index contributed by atoms with van der Waals surface area (Å²) in [5.74, 6) is -0.345. The van der Waals surface area contributed by atoms with Crippen LogP contribution >= 0.6 is 0 Å². The second-order valence-corrected chi connectivity index (χ2v) is 3.51. The van der Waals surface area contributed by atoms with Crippen LogP contribution in [-0.2, 0) is 11.2 Å². The minimum absolute atomic E-state index is 0.0472. The fraction of sp³-hybridized carbons (Fsp3) is 0.417. The zero-order valence-corrected chi connectivity index (χ0v) is 8.92. The maximum absolute atomic E-state index is 12.8. The molecule has 0 heterocycles. The topological polar surface area (TPSA) is 29.1 Å². The van der Waals surface area contributed by atoms with Crippen molar-refractivity contribution in [3.63, 3.8) is 0 Å². The third-order valence-corrected chi connectivity index (χ3v) is 2.11. The van der Waals surface area contributed by atoms with Gasteiger partial charge in [-0.2, -0.15) is 0 Å². The summed E-state index contributed by atoms with van der Waals surface area (Å²) in [4.78, 5) is 11.4. The van der Waals surface area contributed by atoms with Gasteiger partial charge in [-0.25, -0.2) is 4.39 Å². The Morgan fingerprint density at radius 3 is 2.93 bits per heavy atom. The number of hydrogen-bond donors (Lipinski definition) is 1. The van der Waals surface area contributed by atoms with E-state index in [0.29, 0.717) is 12.1 Å². The molecule has 0 aliphatic carbocycles. The van der Waals surface area contributed by atoms with E-state index >= 15 is 0 Å². The van der Waals surface area contributed by atoms with Gasteiger partial charge in [-0.15, -0.1) is 0 Å². The van der Waals surface area contributed by atoms with Gasteiger partial charge in [0.1, 0.15) is 5.82 Å². The fourth-order valence-electron chi connectivity index (χ4n) is 1.30. The molecular weight excluding hydrogens is 193 g/mol. The van der Waals surface area contributed by atoms with Gasteiger partial charge in [-0.3, -0.25) is 4.79 Å². The van der Waals surface area contributed by atoms with Crippen molar-refractivity contribution >= 4 is 5.91 Å². The van der Waals surface area contributed by atoms with Gasteiger partial charge in [0.15, 0.2) is 0 Å². The molecule has 1 aromatic rings. The number of carbonyl (C=O) groups excluding carboxylic acids is 1. The van der Waals surface area contributed by atoms with E-state index in [4.69, 9.17) is 0 Å². The summed E-state index contributed by atoms with van der Waals surface area (Å²) in [6, 6.07) is 6.13. The first-order valence-electron chi connectivity index (χ1n) is 5.23. The standard InChI is InChI=1S/C12H16FNO/c1-2-3-7-14-12(15)9-10-5-4-6-11(13)8-10/h4-6,8H,2-3,7,9H2,1H3,(H,14,15). The summed E-state index contributed by atoms with van der Waals surface area (Å²) < 4.78 is 12.8. The molecule has 15 heavy (non-hydrogen) atoms. The average molecular weight is 209 g/mol. The van der Waals surface area contributed by atoms with Gasteiger partial charge >= 0.3 is 0 Å². The Labute approximate surface area is 89.5 Å². The van der Waals surface area contributed by atoms with Gasteiger partial charge in [0.2, 0.25) is 5.91 Å².